The van der Waals surface area contributed by atoms with Gasteiger partial charge in [-0.1, -0.05) is 60.5 Å². The Morgan fingerprint density at radius 2 is 1.07 bits per heavy atom. The highest BCUT2D eigenvalue weighted by Gasteiger charge is 2.14. The molecule has 4 rings (SSSR count). The molecule has 2 aromatic carbocycles. The molecule has 0 saturated carbocycles. The number of benzene rings is 2. The molecule has 12 heteroatoms. The highest BCUT2D eigenvalue weighted by atomic mass is 32.1. The van der Waals surface area contributed by atoms with Crippen molar-refractivity contribution in [3.63, 3.8) is 0 Å². The average Bonchev–Trinajstić information content (AvgIpc) is 3.58. The lowest BCUT2D eigenvalue weighted by Crippen LogP contribution is -2.19. The Bertz CT molecular complexity index is 1590. The molecule has 2 amide bonds. The minimum absolute atomic E-state index is 0.111. The second kappa shape index (κ2) is 18.7. The molecular weight excluding hydrogens is 625 g/mol. The first-order chi connectivity index (χ1) is 22.5. The third-order valence-electron chi connectivity index (χ3n) is 7.44. The molecule has 0 saturated heterocycles. The Labute approximate surface area is 278 Å². The number of rotatable bonds is 19. The fraction of sp³-hybridized carbons (Fsp3) is 0.529. The van der Waals surface area contributed by atoms with Crippen molar-refractivity contribution in [2.45, 2.75) is 78.3 Å². The summed E-state index contributed by atoms with van der Waals surface area (Å²) < 4.78 is 28.4. The normalized spacial score (nSPS) is 12.4. The summed E-state index contributed by atoms with van der Waals surface area (Å²) >= 11 is 3.00. The zero-order valence-corrected chi connectivity index (χ0v) is 29.1. The third-order valence-corrected chi connectivity index (χ3v) is 9.52. The van der Waals surface area contributed by atoms with E-state index in [1.54, 1.807) is 14.2 Å². The van der Waals surface area contributed by atoms with Gasteiger partial charge in [0.2, 0.25) is 11.8 Å². The van der Waals surface area contributed by atoms with Gasteiger partial charge < -0.3 is 28.1 Å². The van der Waals surface area contributed by atoms with Crippen LogP contribution < -0.4 is 19.1 Å². The zero-order valence-electron chi connectivity index (χ0n) is 27.4. The maximum atomic E-state index is 12.8. The van der Waals surface area contributed by atoms with Crippen molar-refractivity contribution >= 4 is 54.9 Å². The maximum absolute atomic E-state index is 12.8. The van der Waals surface area contributed by atoms with Gasteiger partial charge in [0.15, 0.2) is 9.60 Å². The Morgan fingerprint density at radius 1 is 0.652 bits per heavy atom. The molecule has 0 unspecified atom stereocenters. The molecule has 0 spiro atoms. The minimum atomic E-state index is -0.111. The SMILES string of the molecule is CCOc1cccc2sc(=NC(=O)CCCCCCCCC(=O)N=c3sc4cccc(OCC)c4n3CCOC)n(CCOC)c12. The Hall–Kier alpha value is -3.32. The molecular formula is C34H46N4O6S2. The Morgan fingerprint density at radius 3 is 1.46 bits per heavy atom. The summed E-state index contributed by atoms with van der Waals surface area (Å²) in [6, 6.07) is 11.9. The number of ether oxygens (including phenoxy) is 4. The number of methoxy groups -OCH3 is 2. The first kappa shape index (κ1) is 35.5. The lowest BCUT2D eigenvalue weighted by atomic mass is 10.1. The van der Waals surface area contributed by atoms with Crippen LogP contribution in [0.3, 0.4) is 0 Å². The smallest absolute Gasteiger partial charge is 0.248 e. The van der Waals surface area contributed by atoms with E-state index in [0.29, 0.717) is 62.0 Å². The van der Waals surface area contributed by atoms with Crippen molar-refractivity contribution in [3.8, 4) is 11.5 Å². The van der Waals surface area contributed by atoms with Crippen molar-refractivity contribution in [1.29, 1.82) is 0 Å². The highest BCUT2D eigenvalue weighted by molar-refractivity contribution is 7.16. The summed E-state index contributed by atoms with van der Waals surface area (Å²) in [5, 5.41) is 0. The number of aromatic nitrogens is 2. The van der Waals surface area contributed by atoms with Gasteiger partial charge >= 0.3 is 0 Å². The van der Waals surface area contributed by atoms with Crippen molar-refractivity contribution in [3.05, 3.63) is 46.0 Å². The number of hydrogen-bond acceptors (Lipinski definition) is 8. The summed E-state index contributed by atoms with van der Waals surface area (Å²) in [5.74, 6) is 1.36. The molecule has 0 radical (unpaired) electrons. The van der Waals surface area contributed by atoms with Crippen molar-refractivity contribution in [2.75, 3.05) is 40.6 Å². The van der Waals surface area contributed by atoms with Gasteiger partial charge in [-0.3, -0.25) is 9.59 Å². The number of para-hydroxylation sites is 2. The third kappa shape index (κ3) is 9.60. The quantitative estimate of drug-likeness (QED) is 0.106. The van der Waals surface area contributed by atoms with Crippen LogP contribution in [0.1, 0.15) is 65.2 Å². The number of fused-ring (bicyclic) bond motifs is 2. The number of hydrogen-bond donors (Lipinski definition) is 0. The molecule has 2 aromatic heterocycles. The van der Waals surface area contributed by atoms with Gasteiger partial charge in [0, 0.05) is 40.2 Å². The number of unbranched alkanes of at least 4 members (excludes halogenated alkanes) is 5. The van der Waals surface area contributed by atoms with Crippen LogP contribution in [0.25, 0.3) is 20.4 Å². The molecule has 250 valence electrons. The molecule has 46 heavy (non-hydrogen) atoms. The number of thiazole rings is 2. The van der Waals surface area contributed by atoms with Gasteiger partial charge in [0.25, 0.3) is 0 Å². The Balaban J connectivity index is 1.25. The van der Waals surface area contributed by atoms with Gasteiger partial charge in [0.1, 0.15) is 22.5 Å². The van der Waals surface area contributed by atoms with E-state index in [9.17, 15) is 9.59 Å². The molecule has 2 heterocycles. The van der Waals surface area contributed by atoms with Crippen LogP contribution in [-0.4, -0.2) is 61.6 Å². The van der Waals surface area contributed by atoms with Crippen LogP contribution in [-0.2, 0) is 32.2 Å². The van der Waals surface area contributed by atoms with Crippen LogP contribution in [0.2, 0.25) is 0 Å². The lowest BCUT2D eigenvalue weighted by molar-refractivity contribution is -0.119. The minimum Gasteiger partial charge on any atom is -0.492 e. The molecule has 4 aromatic rings. The predicted octanol–water partition coefficient (Wildman–Crippen LogP) is 6.48. The fourth-order valence-corrected chi connectivity index (χ4v) is 7.46. The van der Waals surface area contributed by atoms with Gasteiger partial charge in [-0.25, -0.2) is 0 Å². The number of carbonyl (C=O) groups excluding carboxylic acids is 2. The van der Waals surface area contributed by atoms with E-state index >= 15 is 0 Å². The lowest BCUT2D eigenvalue weighted by Gasteiger charge is -2.09. The summed E-state index contributed by atoms with van der Waals surface area (Å²) in [6.07, 6.45) is 6.35. The Kier molecular flexibility index (Phi) is 14.5. The van der Waals surface area contributed by atoms with Crippen LogP contribution >= 0.6 is 22.7 Å². The molecule has 0 aliphatic rings. The van der Waals surface area contributed by atoms with E-state index in [1.165, 1.54) is 22.7 Å². The average molecular weight is 671 g/mol. The molecule has 10 nitrogen and oxygen atoms in total. The molecule has 0 aliphatic heterocycles. The predicted molar refractivity (Wildman–Crippen MR) is 184 cm³/mol. The fourth-order valence-electron chi connectivity index (χ4n) is 5.27. The number of carbonyl (C=O) groups is 2. The number of amides is 2. The van der Waals surface area contributed by atoms with Crippen molar-refractivity contribution in [2.24, 2.45) is 9.98 Å². The standard InChI is InChI=1S/C34H46N4O6S2/c1-5-43-25-15-13-17-27-31(25)37(21-23-41-3)33(45-27)35-29(39)19-11-9-7-8-10-12-20-30(40)36-34-38(22-24-42-4)32-26(44-6-2)16-14-18-28(32)46-34/h13-18H,5-12,19-24H2,1-4H3. The van der Waals surface area contributed by atoms with E-state index < -0.39 is 0 Å². The van der Waals surface area contributed by atoms with E-state index in [4.69, 9.17) is 18.9 Å². The van der Waals surface area contributed by atoms with Gasteiger partial charge in [0.05, 0.1) is 35.8 Å². The second-order valence-electron chi connectivity index (χ2n) is 10.8. The molecule has 0 fully saturated rings. The van der Waals surface area contributed by atoms with Crippen molar-refractivity contribution in [1.82, 2.24) is 9.13 Å². The summed E-state index contributed by atoms with van der Waals surface area (Å²) in [6.45, 7) is 7.26. The topological polar surface area (TPSA) is 106 Å². The molecule has 0 bridgehead atoms. The molecule has 0 aliphatic carbocycles. The second-order valence-corrected chi connectivity index (χ2v) is 12.8. The van der Waals surface area contributed by atoms with E-state index in [0.717, 1.165) is 70.5 Å². The van der Waals surface area contributed by atoms with E-state index in [-0.39, 0.29) is 11.8 Å². The molecule has 0 N–H and O–H groups in total. The highest BCUT2D eigenvalue weighted by Crippen LogP contribution is 2.29. The van der Waals surface area contributed by atoms with Crippen molar-refractivity contribution < 1.29 is 28.5 Å². The van der Waals surface area contributed by atoms with Crippen LogP contribution in [0.4, 0.5) is 0 Å². The largest absolute Gasteiger partial charge is 0.492 e. The van der Waals surface area contributed by atoms with E-state index in [2.05, 4.69) is 9.98 Å². The molecule has 0 atom stereocenters. The first-order valence-electron chi connectivity index (χ1n) is 16.1. The van der Waals surface area contributed by atoms with Crippen LogP contribution in [0.5, 0.6) is 11.5 Å². The van der Waals surface area contributed by atoms with Crippen LogP contribution in [0.15, 0.2) is 46.4 Å². The number of nitrogens with zero attached hydrogens (tertiary/aromatic N) is 4. The van der Waals surface area contributed by atoms with E-state index in [1.807, 2.05) is 59.4 Å². The van der Waals surface area contributed by atoms with Gasteiger partial charge in [-0.05, 0) is 51.0 Å². The first-order valence-corrected chi connectivity index (χ1v) is 17.8. The summed E-state index contributed by atoms with van der Waals surface area (Å²) in [7, 11) is 3.33. The van der Waals surface area contributed by atoms with Gasteiger partial charge in [-0.2, -0.15) is 9.98 Å². The summed E-state index contributed by atoms with van der Waals surface area (Å²) in [4.78, 5) is 35.8. The monoisotopic (exact) mass is 670 g/mol. The maximum Gasteiger partial charge on any atom is 0.248 e. The zero-order chi connectivity index (χ0) is 32.7. The van der Waals surface area contributed by atoms with Crippen LogP contribution in [0, 0.1) is 0 Å². The van der Waals surface area contributed by atoms with Gasteiger partial charge in [-0.15, -0.1) is 0 Å². The summed E-state index contributed by atoms with van der Waals surface area (Å²) in [5.41, 5.74) is 1.91.